The summed E-state index contributed by atoms with van der Waals surface area (Å²) in [6.45, 7) is -2.64. The van der Waals surface area contributed by atoms with Crippen LogP contribution in [0, 0.1) is 0 Å². The fourth-order valence-corrected chi connectivity index (χ4v) is 3.86. The van der Waals surface area contributed by atoms with Gasteiger partial charge in [0, 0.05) is 19.0 Å². The number of alkyl halides is 6. The van der Waals surface area contributed by atoms with Crippen molar-refractivity contribution in [1.82, 2.24) is 15.1 Å². The molecule has 2 aliphatic heterocycles. The molecule has 0 aliphatic carbocycles. The number of fused-ring (bicyclic) bond motifs is 2. The molecule has 0 saturated carbocycles. The molecule has 0 saturated heterocycles. The molecule has 0 bridgehead atoms. The Morgan fingerprint density at radius 1 is 1.11 bits per heavy atom. The first-order chi connectivity index (χ1) is 16.9. The van der Waals surface area contributed by atoms with Crippen molar-refractivity contribution < 1.29 is 50.1 Å². The van der Waals surface area contributed by atoms with Crippen molar-refractivity contribution in [3.63, 3.8) is 0 Å². The van der Waals surface area contributed by atoms with Crippen LogP contribution in [0.2, 0.25) is 0 Å². The fraction of sp³-hybridized carbons (Fsp3) is 0.545. The molecule has 2 aliphatic rings. The van der Waals surface area contributed by atoms with Crippen molar-refractivity contribution >= 4 is 5.91 Å². The lowest BCUT2D eigenvalue weighted by molar-refractivity contribution is -0.179. The Labute approximate surface area is 201 Å². The Bertz CT molecular complexity index is 1070. The van der Waals surface area contributed by atoms with Gasteiger partial charge in [0.05, 0.1) is 19.3 Å². The number of carbonyl (C=O) groups excluding carboxylic acids is 1. The third-order valence-corrected chi connectivity index (χ3v) is 5.40. The lowest BCUT2D eigenvalue weighted by Crippen LogP contribution is -2.43. The summed E-state index contributed by atoms with van der Waals surface area (Å²) in [5.41, 5.74) is 1.33. The van der Waals surface area contributed by atoms with Gasteiger partial charge in [-0.05, 0) is 29.7 Å². The van der Waals surface area contributed by atoms with Gasteiger partial charge in [0.15, 0.2) is 5.69 Å². The predicted octanol–water partition coefficient (Wildman–Crippen LogP) is 3.43. The van der Waals surface area contributed by atoms with E-state index in [0.29, 0.717) is 36.3 Å². The van der Waals surface area contributed by atoms with Gasteiger partial charge in [0.25, 0.3) is 5.91 Å². The summed E-state index contributed by atoms with van der Waals surface area (Å²) >= 11 is 0. The van der Waals surface area contributed by atoms with Crippen LogP contribution < -0.4 is 14.8 Å². The summed E-state index contributed by atoms with van der Waals surface area (Å²) in [4.78, 5) is 12.7. The van der Waals surface area contributed by atoms with E-state index in [9.17, 15) is 31.1 Å². The smallest absolute Gasteiger partial charge is 0.411 e. The molecule has 14 heteroatoms. The lowest BCUT2D eigenvalue weighted by Gasteiger charge is -2.26. The zero-order valence-corrected chi connectivity index (χ0v) is 18.8. The monoisotopic (exact) mass is 523 g/mol. The molecule has 2 atom stereocenters. The van der Waals surface area contributed by atoms with Crippen molar-refractivity contribution in [2.45, 2.75) is 50.5 Å². The van der Waals surface area contributed by atoms with Gasteiger partial charge in [-0.15, -0.1) is 0 Å². The summed E-state index contributed by atoms with van der Waals surface area (Å²) in [5.74, 6) is 0.331. The number of carbonyl (C=O) groups is 1. The molecule has 1 aromatic carbocycles. The van der Waals surface area contributed by atoms with Gasteiger partial charge in [-0.1, -0.05) is 6.07 Å². The van der Waals surface area contributed by atoms with E-state index in [1.807, 2.05) is 0 Å². The van der Waals surface area contributed by atoms with E-state index in [2.05, 4.69) is 15.2 Å². The maximum Gasteiger partial charge on any atom is 0.411 e. The minimum atomic E-state index is -4.42. The van der Waals surface area contributed by atoms with Crippen LogP contribution >= 0.6 is 0 Å². The molecule has 8 nitrogen and oxygen atoms in total. The summed E-state index contributed by atoms with van der Waals surface area (Å²) in [7, 11) is 0. The number of ether oxygens (including phenoxy) is 4. The topological polar surface area (TPSA) is 83.8 Å². The van der Waals surface area contributed by atoms with Gasteiger partial charge in [-0.3, -0.25) is 4.79 Å². The molecular weight excluding hydrogens is 500 g/mol. The molecule has 1 unspecified atom stereocenters. The predicted molar refractivity (Wildman–Crippen MR) is 111 cm³/mol. The van der Waals surface area contributed by atoms with E-state index in [0.717, 1.165) is 0 Å². The highest BCUT2D eigenvalue weighted by molar-refractivity contribution is 5.92. The summed E-state index contributed by atoms with van der Waals surface area (Å²) in [6.07, 6.45) is -8.67. The SMILES string of the molecule is O=C(N[C@H]1COc2ccc(COCC(F)(F)F)cc2C1)c1cc2n(n1)CCC(COCC(F)(F)F)O2. The number of hydrogen-bond acceptors (Lipinski definition) is 6. The van der Waals surface area contributed by atoms with Gasteiger partial charge < -0.3 is 24.3 Å². The molecule has 1 amide bonds. The molecule has 1 aromatic heterocycles. The molecule has 4 rings (SSSR count). The van der Waals surface area contributed by atoms with Crippen LogP contribution in [0.1, 0.15) is 28.0 Å². The molecule has 1 N–H and O–H groups in total. The van der Waals surface area contributed by atoms with Crippen molar-refractivity contribution in [3.05, 3.63) is 41.1 Å². The van der Waals surface area contributed by atoms with E-state index in [-0.39, 0.29) is 31.4 Å². The minimum Gasteiger partial charge on any atom is -0.491 e. The summed E-state index contributed by atoms with van der Waals surface area (Å²) in [5, 5.41) is 7.00. The average molecular weight is 523 g/mol. The molecule has 36 heavy (non-hydrogen) atoms. The first kappa shape index (κ1) is 26.1. The number of aryl methyl sites for hydroxylation is 1. The van der Waals surface area contributed by atoms with Crippen LogP contribution in [-0.4, -0.2) is 66.6 Å². The third-order valence-electron chi connectivity index (χ3n) is 5.40. The zero-order chi connectivity index (χ0) is 25.9. The zero-order valence-electron chi connectivity index (χ0n) is 18.8. The molecular formula is C22H23F6N3O5. The van der Waals surface area contributed by atoms with Crippen LogP contribution in [0.3, 0.4) is 0 Å². The Balaban J connectivity index is 1.30. The largest absolute Gasteiger partial charge is 0.491 e. The number of aromatic nitrogens is 2. The van der Waals surface area contributed by atoms with Gasteiger partial charge >= 0.3 is 12.4 Å². The fourth-order valence-electron chi connectivity index (χ4n) is 3.86. The van der Waals surface area contributed by atoms with Gasteiger partial charge in [-0.25, -0.2) is 4.68 Å². The molecule has 3 heterocycles. The number of benzene rings is 1. The standard InChI is InChI=1S/C22H23F6N3O5/c23-21(24,25)11-33-8-13-1-2-18-14(5-13)6-15(9-35-18)29-20(32)17-7-19-31(30-17)4-3-16(36-19)10-34-12-22(26,27)28/h1-2,5,7,15-16H,3-4,6,8-12H2,(H,29,32)/t15-,16?/m1/s1. The highest BCUT2D eigenvalue weighted by Gasteiger charge is 2.30. The number of hydrogen-bond donors (Lipinski definition) is 1. The summed E-state index contributed by atoms with van der Waals surface area (Å²) in [6, 6.07) is 5.92. The Hall–Kier alpha value is -3.00. The Morgan fingerprint density at radius 2 is 1.86 bits per heavy atom. The molecule has 0 fully saturated rings. The first-order valence-electron chi connectivity index (χ1n) is 11.0. The van der Waals surface area contributed by atoms with E-state index < -0.39 is 43.6 Å². The highest BCUT2D eigenvalue weighted by atomic mass is 19.4. The molecule has 0 radical (unpaired) electrons. The van der Waals surface area contributed by atoms with Crippen molar-refractivity contribution in [2.75, 3.05) is 26.4 Å². The Morgan fingerprint density at radius 3 is 2.61 bits per heavy atom. The van der Waals surface area contributed by atoms with Crippen molar-refractivity contribution in [1.29, 1.82) is 0 Å². The number of nitrogens with zero attached hydrogens (tertiary/aromatic N) is 2. The second-order valence-corrected chi connectivity index (χ2v) is 8.49. The van der Waals surface area contributed by atoms with Crippen LogP contribution in [0.4, 0.5) is 26.3 Å². The maximum absolute atomic E-state index is 12.7. The number of nitrogens with one attached hydrogen (secondary N) is 1. The first-order valence-corrected chi connectivity index (χ1v) is 11.0. The van der Waals surface area contributed by atoms with E-state index in [1.165, 1.54) is 10.7 Å². The summed E-state index contributed by atoms with van der Waals surface area (Å²) < 4.78 is 95.7. The van der Waals surface area contributed by atoms with Crippen LogP contribution in [0.25, 0.3) is 0 Å². The second kappa shape index (κ2) is 10.5. The highest BCUT2D eigenvalue weighted by Crippen LogP contribution is 2.27. The van der Waals surface area contributed by atoms with Crippen LogP contribution in [0.5, 0.6) is 11.6 Å². The Kier molecular flexibility index (Phi) is 7.64. The molecule has 198 valence electrons. The normalized spacial score (nSPS) is 19.6. The van der Waals surface area contributed by atoms with E-state index in [4.69, 9.17) is 14.2 Å². The van der Waals surface area contributed by atoms with Gasteiger partial charge in [0.2, 0.25) is 5.88 Å². The number of halogens is 6. The molecule has 0 spiro atoms. The maximum atomic E-state index is 12.7. The average Bonchev–Trinajstić information content (AvgIpc) is 3.21. The van der Waals surface area contributed by atoms with Crippen LogP contribution in [-0.2, 0) is 29.0 Å². The van der Waals surface area contributed by atoms with E-state index in [1.54, 1.807) is 18.2 Å². The number of amides is 1. The quantitative estimate of drug-likeness (QED) is 0.534. The molecule has 2 aromatic rings. The lowest BCUT2D eigenvalue weighted by atomic mass is 10.0. The van der Waals surface area contributed by atoms with Crippen molar-refractivity contribution in [3.8, 4) is 11.6 Å². The van der Waals surface area contributed by atoms with E-state index >= 15 is 0 Å². The number of rotatable bonds is 8. The van der Waals surface area contributed by atoms with Crippen LogP contribution in [0.15, 0.2) is 24.3 Å². The van der Waals surface area contributed by atoms with Gasteiger partial charge in [-0.2, -0.15) is 31.4 Å². The minimum absolute atomic E-state index is 0.0713. The third kappa shape index (κ3) is 7.26. The second-order valence-electron chi connectivity index (χ2n) is 8.49. The van der Waals surface area contributed by atoms with Gasteiger partial charge in [0.1, 0.15) is 31.7 Å². The van der Waals surface area contributed by atoms with Crippen molar-refractivity contribution in [2.24, 2.45) is 0 Å².